The minimum Gasteiger partial charge on any atom is -0.381 e. The number of rotatable bonds is 43. The molecule has 884 valence electrons. The smallest absolute Gasteiger partial charge is 0.0483 e. The van der Waals surface area contributed by atoms with Gasteiger partial charge in [0.1, 0.15) is 0 Å². The maximum atomic E-state index is 6.19. The average molecular weight is 2040 g/mol. The highest BCUT2D eigenvalue weighted by molar-refractivity contribution is 4.94. The number of ether oxygens (including phenoxy) is 2. The van der Waals surface area contributed by atoms with Crippen LogP contribution < -0.4 is 22.9 Å². The van der Waals surface area contributed by atoms with Crippen LogP contribution in [0, 0.1) is 155 Å². The lowest BCUT2D eigenvalue weighted by atomic mass is 9.62. The van der Waals surface area contributed by atoms with Gasteiger partial charge in [0, 0.05) is 54.1 Å². The molecule has 0 radical (unpaired) electrons. The Morgan fingerprint density at radius 3 is 0.769 bits per heavy atom. The van der Waals surface area contributed by atoms with E-state index in [1.807, 2.05) is 0 Å². The summed E-state index contributed by atoms with van der Waals surface area (Å²) < 4.78 is 10.7. The van der Waals surface area contributed by atoms with Gasteiger partial charge in [-0.25, -0.2) is 0 Å². The Labute approximate surface area is 917 Å². The third kappa shape index (κ3) is 82.0. The second-order valence-electron chi connectivity index (χ2n) is 59.2. The van der Waals surface area contributed by atoms with E-state index in [4.69, 9.17) is 32.4 Å². The maximum Gasteiger partial charge on any atom is 0.0483 e. The fourth-order valence-electron chi connectivity index (χ4n) is 22.5. The van der Waals surface area contributed by atoms with Crippen molar-refractivity contribution < 1.29 is 9.47 Å². The van der Waals surface area contributed by atoms with Crippen molar-refractivity contribution in [1.29, 1.82) is 0 Å². The summed E-state index contributed by atoms with van der Waals surface area (Å²) in [5.41, 5.74) is 30.2. The monoisotopic (exact) mass is 2040 g/mol. The van der Waals surface area contributed by atoms with Gasteiger partial charge in [-0.1, -0.05) is 495 Å². The van der Waals surface area contributed by atoms with Crippen molar-refractivity contribution in [3.05, 3.63) is 0 Å². The molecule has 0 aromatic rings. The molecule has 3 aliphatic rings. The van der Waals surface area contributed by atoms with E-state index in [0.717, 1.165) is 160 Å². The summed E-state index contributed by atoms with van der Waals surface area (Å²) in [6, 6.07) is 0. The number of hydrogen-bond donors (Lipinski definition) is 4. The largest absolute Gasteiger partial charge is 0.381 e. The summed E-state index contributed by atoms with van der Waals surface area (Å²) in [6.45, 7) is 142. The minimum atomic E-state index is -0.0405. The lowest BCUT2D eigenvalue weighted by molar-refractivity contribution is 0.00188. The van der Waals surface area contributed by atoms with E-state index in [0.29, 0.717) is 72.5 Å². The molecule has 0 aromatic carbocycles. The zero-order chi connectivity index (χ0) is 112. The predicted octanol–water partition coefficient (Wildman–Crippen LogP) is 45.3. The molecule has 7 nitrogen and oxygen atoms in total. The van der Waals surface area contributed by atoms with Crippen LogP contribution >= 0.6 is 0 Å². The third-order valence-corrected chi connectivity index (χ3v) is 35.4. The van der Waals surface area contributed by atoms with Crippen LogP contribution in [0.1, 0.15) is 663 Å². The first-order chi connectivity index (χ1) is 62.6. The molecule has 0 bridgehead atoms. The van der Waals surface area contributed by atoms with Gasteiger partial charge in [-0.2, -0.15) is 0 Å². The van der Waals surface area contributed by atoms with Gasteiger partial charge < -0.3 is 37.3 Å². The van der Waals surface area contributed by atoms with Crippen LogP contribution in [0.15, 0.2) is 0 Å². The average Bonchev–Trinajstić information content (AvgIpc) is 0.789. The molecule has 143 heavy (non-hydrogen) atoms. The summed E-state index contributed by atoms with van der Waals surface area (Å²) in [7, 11) is 4.37. The van der Waals surface area contributed by atoms with E-state index >= 15 is 0 Å². The van der Waals surface area contributed by atoms with Crippen molar-refractivity contribution in [2.24, 2.45) is 178 Å². The normalized spacial score (nSPS) is 18.1. The van der Waals surface area contributed by atoms with Gasteiger partial charge in [0.25, 0.3) is 0 Å². The first kappa shape index (κ1) is 170. The molecule has 1 aliphatic carbocycles. The second kappa shape index (κ2) is 83.1. The molecule has 8 atom stereocenters. The fraction of sp³-hybridized carbons (Fsp3) is 1.00. The molecular weight excluding hydrogens is 1740 g/mol. The zero-order valence-corrected chi connectivity index (χ0v) is 110. The predicted molar refractivity (Wildman–Crippen MR) is 674 cm³/mol. The second-order valence-corrected chi connectivity index (χ2v) is 59.2. The summed E-state index contributed by atoms with van der Waals surface area (Å²) in [4.78, 5) is 2.36. The first-order valence-corrected chi connectivity index (χ1v) is 60.6. The van der Waals surface area contributed by atoms with Crippen LogP contribution in [0.2, 0.25) is 0 Å². The lowest BCUT2D eigenvalue weighted by Crippen LogP contribution is -2.49. The van der Waals surface area contributed by atoms with E-state index in [9.17, 15) is 0 Å². The molecule has 3 rings (SSSR count). The van der Waals surface area contributed by atoms with Crippen LogP contribution in [0.5, 0.6) is 0 Å². The van der Waals surface area contributed by atoms with Gasteiger partial charge in [-0.15, -0.1) is 0 Å². The molecule has 7 heteroatoms. The van der Waals surface area contributed by atoms with Gasteiger partial charge in [0.2, 0.25) is 0 Å². The molecule has 3 fully saturated rings. The quantitative estimate of drug-likeness (QED) is 0.0479. The Morgan fingerprint density at radius 1 is 0.273 bits per heavy atom. The fourth-order valence-corrected chi connectivity index (χ4v) is 22.5. The van der Waals surface area contributed by atoms with Crippen LogP contribution in [0.3, 0.4) is 0 Å². The molecule has 0 unspecified atom stereocenters. The van der Waals surface area contributed by atoms with E-state index in [1.54, 1.807) is 0 Å². The molecule has 8 N–H and O–H groups in total. The topological polar surface area (TPSA) is 126 Å². The molecule has 0 amide bonds. The lowest BCUT2D eigenvalue weighted by Gasteiger charge is -2.43. The van der Waals surface area contributed by atoms with E-state index < -0.39 is 0 Å². The highest BCUT2D eigenvalue weighted by Gasteiger charge is 2.41. The Balaban J connectivity index is -0.000000117. The molecule has 2 saturated heterocycles. The third-order valence-electron chi connectivity index (χ3n) is 35.4. The van der Waals surface area contributed by atoms with Crippen molar-refractivity contribution >= 4 is 0 Å². The Morgan fingerprint density at radius 2 is 0.573 bits per heavy atom. The Hall–Kier alpha value is -0.280. The van der Waals surface area contributed by atoms with Gasteiger partial charge in [0.15, 0.2) is 0 Å². The molecule has 0 aromatic heterocycles. The Bertz CT molecular complexity index is 2620. The van der Waals surface area contributed by atoms with Gasteiger partial charge in [-0.3, -0.25) is 0 Å². The van der Waals surface area contributed by atoms with E-state index in [2.05, 4.69) is 434 Å². The first-order valence-electron chi connectivity index (χ1n) is 60.6. The van der Waals surface area contributed by atoms with Gasteiger partial charge in [-0.05, 0) is 337 Å². The molecule has 0 spiro atoms. The molecule has 2 heterocycles. The highest BCUT2D eigenvalue weighted by Crippen LogP contribution is 2.50. The number of nitrogens with two attached hydrogens (primary N) is 4. The van der Waals surface area contributed by atoms with Crippen LogP contribution in [0.25, 0.3) is 0 Å². The number of hydrogen-bond acceptors (Lipinski definition) is 7. The molecular formula is C136H303N5O2. The number of unbranched alkanes of at least 4 members (excludes halogenated alkanes) is 1. The molecule has 2 aliphatic heterocycles. The summed E-state index contributed by atoms with van der Waals surface area (Å²) in [5, 5.41) is 0. The van der Waals surface area contributed by atoms with Crippen molar-refractivity contribution in [3.8, 4) is 0 Å². The Kier molecular flexibility index (Phi) is 99.0. The van der Waals surface area contributed by atoms with Gasteiger partial charge >= 0.3 is 0 Å². The van der Waals surface area contributed by atoms with Crippen molar-refractivity contribution in [2.45, 2.75) is 691 Å². The van der Waals surface area contributed by atoms with E-state index in [1.165, 1.54) is 167 Å². The van der Waals surface area contributed by atoms with E-state index in [-0.39, 0.29) is 57.3 Å². The SMILES string of the molecule is C.C.C.C.CC(C)CC1(N)CCOCC1.CC(C)C[C@@](C)(C(C)C)N(C)C.CC(C)C[C@](C)(N)C(C)(C)C.CC(C)C[C@](C)(N)C(C)C.CCC(N)(CC)CC(C)C.CCC1(CC(C)C)CCCCC1.CCC1(CC(C)C)CCOCC1.CCCC[C@@](C)(CC(C)C)C(C)C.CCC[C@@](C)(CC(C)C)C(C)(C)C.CCC[C@@](C)(CC(C)C)C(C)C.CC[C@@](C)(CC(C)C)C(C)(C)C.CC[C@@](C)(CC(C)C)C(C)C. The van der Waals surface area contributed by atoms with Crippen molar-refractivity contribution in [3.63, 3.8) is 0 Å². The standard InChI is InChI=1S/2C13H28.C12H24.2C12H26.C11H25N.C11H22O.C11H24.C10H23N.C9H19NO.2C9H21N.4CH4/c1-8-9-13(7,10-11(2)3)12(4,5)6;1-7-8-9-13(6,12(4)5)10-11(2)3;1-4-12(10-11(2)3)8-6-5-7-9-12;1-8-12(7,9-10(2)3)11(4,5)6;1-7-8-12(6,11(4)5)9-10(2)3;1-9(2)8-11(5,10(3)4)12(6)7;1-4-11(9-10(2)3)5-7-12-8-6-11;1-7-11(6,10(4)5)8-9(2)3;1-8(2)7-10(6,11)9(3,4)5;1-8(2)7-9(10)3-5-11-6-4-9;1-7(2)6-9(5,10)8(3)4;1-5-9(10,6-2)7-8(3)4;;;;/h11H,8-10H2,1-7H3;11-12H,7-10H2,1-6H3;11H,4-10H2,1-3H3;10H,8-9H2,1-7H3;10-11H,7-9H2,1-6H3;9-10H,8H2,1-7H3;10H,4-9H2,1-3H3;9-10H,7-8H2,1-6H3;8H,7,11H2,1-6H3;8H,3-7,10H2,1-2H3;7-8H,6,10H2,1-5H3;8H,5-7,10H2,1-4H3;4*1H4/t2*13-;;2*12-;11-;;11-;10-;;9-;;;;;/m00.000.00.0...../s1. The van der Waals surface area contributed by atoms with Gasteiger partial charge in [0.05, 0.1) is 0 Å². The highest BCUT2D eigenvalue weighted by atomic mass is 16.5. The number of nitrogens with zero attached hydrogens (tertiary/aromatic N) is 1. The molecule has 1 saturated carbocycles. The summed E-state index contributed by atoms with van der Waals surface area (Å²) in [6.07, 6.45) is 44.5. The summed E-state index contributed by atoms with van der Waals surface area (Å²) >= 11 is 0. The maximum absolute atomic E-state index is 6.19. The summed E-state index contributed by atoms with van der Waals surface area (Å²) in [5.74, 6) is 13.2. The van der Waals surface area contributed by atoms with Crippen LogP contribution in [-0.4, -0.2) is 73.1 Å². The van der Waals surface area contributed by atoms with Crippen molar-refractivity contribution in [1.82, 2.24) is 4.90 Å². The minimum absolute atomic E-state index is 0. The van der Waals surface area contributed by atoms with Crippen LogP contribution in [0.4, 0.5) is 0 Å². The van der Waals surface area contributed by atoms with Crippen molar-refractivity contribution in [2.75, 3.05) is 40.5 Å². The zero-order valence-electron chi connectivity index (χ0n) is 110. The van der Waals surface area contributed by atoms with Crippen LogP contribution in [-0.2, 0) is 9.47 Å².